The van der Waals surface area contributed by atoms with E-state index in [2.05, 4.69) is 19.6 Å². The quantitative estimate of drug-likeness (QED) is 0.344. The van der Waals surface area contributed by atoms with Gasteiger partial charge in [-0.15, -0.1) is 5.53 Å². The monoisotopic (exact) mass is 239 g/mol. The molecular formula is C6H5N7O2S. The van der Waals surface area contributed by atoms with Crippen LogP contribution in [0.25, 0.3) is 20.9 Å². The normalized spacial score (nSPS) is 9.75. The molecule has 0 saturated carbocycles. The van der Waals surface area contributed by atoms with E-state index in [-0.39, 0.29) is 5.69 Å². The molecule has 0 spiro atoms. The van der Waals surface area contributed by atoms with E-state index in [1.807, 2.05) is 0 Å². The summed E-state index contributed by atoms with van der Waals surface area (Å²) in [5.74, 6) is 0. The van der Waals surface area contributed by atoms with Crippen LogP contribution in [-0.2, 0) is 10.2 Å². The summed E-state index contributed by atoms with van der Waals surface area (Å²) in [7, 11) is -4.37. The summed E-state index contributed by atoms with van der Waals surface area (Å²) < 4.78 is 25.6. The van der Waals surface area contributed by atoms with E-state index in [9.17, 15) is 8.42 Å². The molecule has 0 aliphatic carbocycles. The highest BCUT2D eigenvalue weighted by Crippen LogP contribution is 2.18. The molecule has 82 valence electrons. The molecule has 0 N–H and O–H groups in total. The Labute approximate surface area is 90.3 Å². The Morgan fingerprint density at radius 1 is 1.12 bits per heavy atom. The Bertz CT molecular complexity index is 556. The van der Waals surface area contributed by atoms with Crippen molar-refractivity contribution in [3.63, 3.8) is 0 Å². The van der Waals surface area contributed by atoms with Crippen molar-refractivity contribution in [1.29, 1.82) is 0 Å². The van der Waals surface area contributed by atoms with Crippen LogP contribution >= 0.6 is 0 Å². The first-order valence-corrected chi connectivity index (χ1v) is 5.23. The van der Waals surface area contributed by atoms with Crippen molar-refractivity contribution < 1.29 is 8.42 Å². The fourth-order valence-corrected chi connectivity index (χ4v) is 1.58. The van der Waals surface area contributed by atoms with Crippen molar-refractivity contribution >= 4 is 15.9 Å². The van der Waals surface area contributed by atoms with E-state index in [1.54, 1.807) is 18.2 Å². The van der Waals surface area contributed by atoms with Gasteiger partial charge in [-0.25, -0.2) is 0 Å². The summed E-state index contributed by atoms with van der Waals surface area (Å²) in [4.78, 5) is 4.50. The number of anilines is 1. The van der Waals surface area contributed by atoms with Crippen LogP contribution in [0.2, 0.25) is 0 Å². The highest BCUT2D eigenvalue weighted by atomic mass is 32.2. The van der Waals surface area contributed by atoms with E-state index < -0.39 is 10.2 Å². The van der Waals surface area contributed by atoms with Gasteiger partial charge in [0.25, 0.3) is 0 Å². The lowest BCUT2D eigenvalue weighted by Gasteiger charge is -2.08. The third kappa shape index (κ3) is 2.55. The number of azide groups is 2. The van der Waals surface area contributed by atoms with E-state index in [1.165, 1.54) is 12.1 Å². The standard InChI is InChI=1S/C6H5N7O2S/c7-9-11-13(16(14,15)12-10-8)6-4-2-1-3-5-6/h1-5H. The van der Waals surface area contributed by atoms with E-state index in [0.29, 0.717) is 4.41 Å². The highest BCUT2D eigenvalue weighted by Gasteiger charge is 2.25. The van der Waals surface area contributed by atoms with Gasteiger partial charge in [0.1, 0.15) is 5.69 Å². The molecule has 1 rings (SSSR count). The summed E-state index contributed by atoms with van der Waals surface area (Å²) in [6.07, 6.45) is 0. The number of para-hydroxylation sites is 1. The third-order valence-corrected chi connectivity index (χ3v) is 2.46. The van der Waals surface area contributed by atoms with E-state index in [4.69, 9.17) is 11.1 Å². The molecule has 0 aliphatic rings. The van der Waals surface area contributed by atoms with Crippen LogP contribution in [0.3, 0.4) is 0 Å². The van der Waals surface area contributed by atoms with Gasteiger partial charge in [0.2, 0.25) is 0 Å². The zero-order chi connectivity index (χ0) is 12.0. The van der Waals surface area contributed by atoms with Crippen LogP contribution in [-0.4, -0.2) is 8.42 Å². The minimum atomic E-state index is -4.37. The molecule has 0 unspecified atom stereocenters. The van der Waals surface area contributed by atoms with Crippen molar-refractivity contribution in [3.8, 4) is 0 Å². The first-order chi connectivity index (χ1) is 7.61. The highest BCUT2D eigenvalue weighted by molar-refractivity contribution is 7.91. The zero-order valence-corrected chi connectivity index (χ0v) is 8.56. The third-order valence-electron chi connectivity index (χ3n) is 1.46. The number of nitrogens with zero attached hydrogens (tertiary/aromatic N) is 7. The second-order valence-electron chi connectivity index (χ2n) is 2.41. The Kier molecular flexibility index (Phi) is 3.57. The molecule has 0 bridgehead atoms. The van der Waals surface area contributed by atoms with Crippen molar-refractivity contribution in [3.05, 3.63) is 51.2 Å². The van der Waals surface area contributed by atoms with Gasteiger partial charge in [-0.1, -0.05) is 22.6 Å². The number of hydrogen-bond donors (Lipinski definition) is 0. The molecule has 10 heteroatoms. The largest absolute Gasteiger partial charge is 0.401 e. The Morgan fingerprint density at radius 2 is 1.75 bits per heavy atom. The van der Waals surface area contributed by atoms with Gasteiger partial charge < -0.3 is 0 Å². The summed E-state index contributed by atoms with van der Waals surface area (Å²) in [6, 6.07) is 7.51. The van der Waals surface area contributed by atoms with Gasteiger partial charge in [0.15, 0.2) is 0 Å². The topological polar surface area (TPSA) is 135 Å². The Balaban J connectivity index is 3.32. The molecule has 0 fully saturated rings. The number of benzene rings is 1. The maximum absolute atomic E-state index is 11.4. The fourth-order valence-electron chi connectivity index (χ4n) is 0.904. The first kappa shape index (κ1) is 11.7. The van der Waals surface area contributed by atoms with Gasteiger partial charge in [0, 0.05) is 10.1 Å². The molecule has 16 heavy (non-hydrogen) atoms. The van der Waals surface area contributed by atoms with Crippen LogP contribution in [0.5, 0.6) is 0 Å². The van der Waals surface area contributed by atoms with Gasteiger partial charge in [0.05, 0.1) is 4.52 Å². The van der Waals surface area contributed by atoms with Crippen molar-refractivity contribution in [1.82, 2.24) is 0 Å². The van der Waals surface area contributed by atoms with Crippen LogP contribution < -0.4 is 4.41 Å². The molecule has 1 aromatic carbocycles. The molecule has 9 nitrogen and oxygen atoms in total. The second-order valence-corrected chi connectivity index (χ2v) is 3.81. The maximum atomic E-state index is 11.4. The summed E-state index contributed by atoms with van der Waals surface area (Å²) in [6.45, 7) is 0. The van der Waals surface area contributed by atoms with Crippen LogP contribution in [0.15, 0.2) is 40.1 Å². The minimum absolute atomic E-state index is 0.0766. The summed E-state index contributed by atoms with van der Waals surface area (Å²) in [5.41, 5.74) is 16.4. The summed E-state index contributed by atoms with van der Waals surface area (Å²) in [5, 5.41) is 2.95. The molecular weight excluding hydrogens is 234 g/mol. The molecule has 0 saturated heterocycles. The average molecular weight is 239 g/mol. The first-order valence-electron chi connectivity index (χ1n) is 3.83. The maximum Gasteiger partial charge on any atom is 0.401 e. The number of rotatable bonds is 4. The Morgan fingerprint density at radius 3 is 2.25 bits per heavy atom. The SMILES string of the molecule is [N-]=[N+]=NN(c1ccccc1)S(=O)(=O)N=[N+]=[N-]. The molecule has 0 aliphatic heterocycles. The zero-order valence-electron chi connectivity index (χ0n) is 7.74. The van der Waals surface area contributed by atoms with Crippen molar-refractivity contribution in [2.24, 2.45) is 9.74 Å². The molecule has 0 aromatic heterocycles. The van der Waals surface area contributed by atoms with Crippen LogP contribution in [0.4, 0.5) is 5.69 Å². The smallest absolute Gasteiger partial charge is 0.174 e. The molecule has 0 radical (unpaired) electrons. The van der Waals surface area contributed by atoms with E-state index in [0.717, 1.165) is 0 Å². The van der Waals surface area contributed by atoms with Gasteiger partial charge in [-0.05, 0) is 17.7 Å². The average Bonchev–Trinajstić information content (AvgIpc) is 2.27. The Hall–Kier alpha value is -2.41. The molecule has 0 heterocycles. The lowest BCUT2D eigenvalue weighted by atomic mass is 10.3. The fraction of sp³-hybridized carbons (Fsp3) is 0. The summed E-state index contributed by atoms with van der Waals surface area (Å²) >= 11 is 0. The van der Waals surface area contributed by atoms with Crippen molar-refractivity contribution in [2.75, 3.05) is 4.41 Å². The molecule has 0 atom stereocenters. The van der Waals surface area contributed by atoms with Gasteiger partial charge in [-0.2, -0.15) is 13.3 Å². The molecule has 1 aromatic rings. The van der Waals surface area contributed by atoms with Crippen LogP contribution in [0, 0.1) is 0 Å². The predicted molar refractivity (Wildman–Crippen MR) is 56.1 cm³/mol. The van der Waals surface area contributed by atoms with Crippen molar-refractivity contribution in [2.45, 2.75) is 0 Å². The number of hydrogen-bond acceptors (Lipinski definition) is 3. The molecule has 0 amide bonds. The minimum Gasteiger partial charge on any atom is -0.174 e. The predicted octanol–water partition coefficient (Wildman–Crippen LogP) is 2.27. The van der Waals surface area contributed by atoms with Crippen LogP contribution in [0.1, 0.15) is 0 Å². The lowest BCUT2D eigenvalue weighted by molar-refractivity contribution is 0.593. The van der Waals surface area contributed by atoms with E-state index >= 15 is 0 Å². The second kappa shape index (κ2) is 4.89. The van der Waals surface area contributed by atoms with Gasteiger partial charge >= 0.3 is 10.2 Å². The lowest BCUT2D eigenvalue weighted by Crippen LogP contribution is -2.22. The van der Waals surface area contributed by atoms with Gasteiger partial charge in [-0.3, -0.25) is 0 Å².